The molecule has 0 amide bonds. The standard InChI is InChI=1S/C15H18F3N3/c1-3-21-14(8-11(2)20-21)10-19-9-12-4-6-13(7-5-12)15(16,17)18/h4-8,19H,3,9-10H2,1-2H3. The molecule has 0 saturated carbocycles. The number of hydrogen-bond donors (Lipinski definition) is 1. The zero-order valence-electron chi connectivity index (χ0n) is 12.0. The largest absolute Gasteiger partial charge is 0.416 e. The highest BCUT2D eigenvalue weighted by molar-refractivity contribution is 5.24. The van der Waals surface area contributed by atoms with Crippen molar-refractivity contribution < 1.29 is 13.2 Å². The fraction of sp³-hybridized carbons (Fsp3) is 0.400. The number of nitrogens with one attached hydrogen (secondary N) is 1. The van der Waals surface area contributed by atoms with E-state index in [2.05, 4.69) is 10.4 Å². The molecular weight excluding hydrogens is 279 g/mol. The lowest BCUT2D eigenvalue weighted by molar-refractivity contribution is -0.137. The Morgan fingerprint density at radius 2 is 1.81 bits per heavy atom. The van der Waals surface area contributed by atoms with Gasteiger partial charge in [-0.15, -0.1) is 0 Å². The molecule has 1 heterocycles. The summed E-state index contributed by atoms with van der Waals surface area (Å²) in [5, 5.41) is 7.57. The molecular formula is C15H18F3N3. The van der Waals surface area contributed by atoms with E-state index in [0.29, 0.717) is 13.1 Å². The summed E-state index contributed by atoms with van der Waals surface area (Å²) in [5.41, 5.74) is 2.23. The monoisotopic (exact) mass is 297 g/mol. The first kappa shape index (κ1) is 15.6. The molecule has 0 bridgehead atoms. The summed E-state index contributed by atoms with van der Waals surface area (Å²) < 4.78 is 39.3. The fourth-order valence-corrected chi connectivity index (χ4v) is 2.16. The molecule has 0 radical (unpaired) electrons. The highest BCUT2D eigenvalue weighted by atomic mass is 19.4. The first-order valence-corrected chi connectivity index (χ1v) is 6.80. The molecule has 21 heavy (non-hydrogen) atoms. The van der Waals surface area contributed by atoms with Crippen molar-refractivity contribution in [3.05, 3.63) is 52.8 Å². The lowest BCUT2D eigenvalue weighted by atomic mass is 10.1. The van der Waals surface area contributed by atoms with Crippen LogP contribution in [-0.2, 0) is 25.8 Å². The summed E-state index contributed by atoms with van der Waals surface area (Å²) >= 11 is 0. The van der Waals surface area contributed by atoms with Crippen LogP contribution in [0, 0.1) is 6.92 Å². The van der Waals surface area contributed by atoms with Crippen LogP contribution in [0.1, 0.15) is 29.4 Å². The van der Waals surface area contributed by atoms with Gasteiger partial charge in [0.05, 0.1) is 17.0 Å². The second-order valence-electron chi connectivity index (χ2n) is 4.89. The molecule has 2 rings (SSSR count). The van der Waals surface area contributed by atoms with E-state index in [-0.39, 0.29) is 0 Å². The molecule has 0 aliphatic heterocycles. The van der Waals surface area contributed by atoms with Crippen molar-refractivity contribution in [3.63, 3.8) is 0 Å². The molecule has 0 aliphatic rings. The predicted molar refractivity (Wildman–Crippen MR) is 74.6 cm³/mol. The lowest BCUT2D eigenvalue weighted by Gasteiger charge is -2.09. The van der Waals surface area contributed by atoms with Crippen molar-refractivity contribution in [1.29, 1.82) is 0 Å². The summed E-state index contributed by atoms with van der Waals surface area (Å²) in [4.78, 5) is 0. The van der Waals surface area contributed by atoms with Gasteiger partial charge in [-0.25, -0.2) is 0 Å². The van der Waals surface area contributed by atoms with Crippen molar-refractivity contribution in [2.24, 2.45) is 0 Å². The van der Waals surface area contributed by atoms with E-state index in [1.165, 1.54) is 12.1 Å². The van der Waals surface area contributed by atoms with Gasteiger partial charge in [0.15, 0.2) is 0 Å². The summed E-state index contributed by atoms with van der Waals surface area (Å²) in [6, 6.07) is 7.22. The number of halogens is 3. The van der Waals surface area contributed by atoms with Crippen molar-refractivity contribution in [2.45, 2.75) is 39.7 Å². The summed E-state index contributed by atoms with van der Waals surface area (Å²) in [6.45, 7) is 5.91. The minimum absolute atomic E-state index is 0.520. The van der Waals surface area contributed by atoms with Gasteiger partial charge in [-0.3, -0.25) is 4.68 Å². The molecule has 3 nitrogen and oxygen atoms in total. The first-order chi connectivity index (χ1) is 9.90. The summed E-state index contributed by atoms with van der Waals surface area (Å²) in [5.74, 6) is 0. The van der Waals surface area contributed by atoms with Crippen LogP contribution in [0.25, 0.3) is 0 Å². The Kier molecular flexibility index (Phi) is 4.67. The molecule has 1 N–H and O–H groups in total. The van der Waals surface area contributed by atoms with Crippen LogP contribution in [0.3, 0.4) is 0 Å². The molecule has 6 heteroatoms. The molecule has 0 aliphatic carbocycles. The van der Waals surface area contributed by atoms with Crippen LogP contribution < -0.4 is 5.32 Å². The lowest BCUT2D eigenvalue weighted by Crippen LogP contribution is -2.16. The quantitative estimate of drug-likeness (QED) is 0.915. The van der Waals surface area contributed by atoms with Crippen LogP contribution in [-0.4, -0.2) is 9.78 Å². The Morgan fingerprint density at radius 1 is 1.14 bits per heavy atom. The van der Waals surface area contributed by atoms with Gasteiger partial charge in [0, 0.05) is 19.6 Å². The van der Waals surface area contributed by atoms with Gasteiger partial charge in [-0.2, -0.15) is 18.3 Å². The molecule has 0 atom stereocenters. The van der Waals surface area contributed by atoms with Gasteiger partial charge in [-0.05, 0) is 37.6 Å². The maximum atomic E-state index is 12.5. The first-order valence-electron chi connectivity index (χ1n) is 6.80. The van der Waals surface area contributed by atoms with Gasteiger partial charge >= 0.3 is 6.18 Å². The van der Waals surface area contributed by atoms with Gasteiger partial charge < -0.3 is 5.32 Å². The van der Waals surface area contributed by atoms with E-state index in [1.54, 1.807) is 0 Å². The van der Waals surface area contributed by atoms with Gasteiger partial charge in [0.1, 0.15) is 0 Å². The number of rotatable bonds is 5. The topological polar surface area (TPSA) is 29.9 Å². The highest BCUT2D eigenvalue weighted by Gasteiger charge is 2.29. The van der Waals surface area contributed by atoms with Gasteiger partial charge in [-0.1, -0.05) is 12.1 Å². The number of benzene rings is 1. The van der Waals surface area contributed by atoms with Crippen LogP contribution >= 0.6 is 0 Å². The number of alkyl halides is 3. The van der Waals surface area contributed by atoms with Crippen molar-refractivity contribution in [3.8, 4) is 0 Å². The second-order valence-corrected chi connectivity index (χ2v) is 4.89. The van der Waals surface area contributed by atoms with Crippen molar-refractivity contribution in [2.75, 3.05) is 0 Å². The zero-order chi connectivity index (χ0) is 15.5. The second kappa shape index (κ2) is 6.30. The Hall–Kier alpha value is -1.82. The maximum absolute atomic E-state index is 12.5. The number of nitrogens with zero attached hydrogens (tertiary/aromatic N) is 2. The third-order valence-corrected chi connectivity index (χ3v) is 3.20. The minimum Gasteiger partial charge on any atom is -0.307 e. The van der Waals surface area contributed by atoms with E-state index in [9.17, 15) is 13.2 Å². The Labute approximate surface area is 121 Å². The van der Waals surface area contributed by atoms with E-state index < -0.39 is 11.7 Å². The minimum atomic E-state index is -4.28. The van der Waals surface area contributed by atoms with Crippen LogP contribution in [0.5, 0.6) is 0 Å². The van der Waals surface area contributed by atoms with Crippen molar-refractivity contribution in [1.82, 2.24) is 15.1 Å². The number of aromatic nitrogens is 2. The molecule has 0 saturated heterocycles. The van der Waals surface area contributed by atoms with E-state index >= 15 is 0 Å². The highest BCUT2D eigenvalue weighted by Crippen LogP contribution is 2.29. The van der Waals surface area contributed by atoms with Crippen LogP contribution in [0.2, 0.25) is 0 Å². The summed E-state index contributed by atoms with van der Waals surface area (Å²) in [6.07, 6.45) is -4.28. The van der Waals surface area contributed by atoms with Gasteiger partial charge in [0.2, 0.25) is 0 Å². The zero-order valence-corrected chi connectivity index (χ0v) is 12.0. The van der Waals surface area contributed by atoms with E-state index in [0.717, 1.165) is 35.6 Å². The molecule has 0 spiro atoms. The maximum Gasteiger partial charge on any atom is 0.416 e. The molecule has 0 fully saturated rings. The van der Waals surface area contributed by atoms with Gasteiger partial charge in [0.25, 0.3) is 0 Å². The van der Waals surface area contributed by atoms with Crippen LogP contribution in [0.15, 0.2) is 30.3 Å². The van der Waals surface area contributed by atoms with E-state index in [4.69, 9.17) is 0 Å². The molecule has 0 unspecified atom stereocenters. The van der Waals surface area contributed by atoms with Crippen LogP contribution in [0.4, 0.5) is 13.2 Å². The Bertz CT molecular complexity index is 585. The molecule has 1 aromatic carbocycles. The average Bonchev–Trinajstić information content (AvgIpc) is 2.79. The normalized spacial score (nSPS) is 11.9. The smallest absolute Gasteiger partial charge is 0.307 e. The molecule has 114 valence electrons. The Morgan fingerprint density at radius 3 is 2.38 bits per heavy atom. The number of aryl methyl sites for hydroxylation is 2. The Balaban J connectivity index is 1.91. The summed E-state index contributed by atoms with van der Waals surface area (Å²) in [7, 11) is 0. The molecule has 1 aromatic heterocycles. The predicted octanol–water partition coefficient (Wildman–Crippen LogP) is 3.52. The van der Waals surface area contributed by atoms with E-state index in [1.807, 2.05) is 24.6 Å². The number of hydrogen-bond acceptors (Lipinski definition) is 2. The van der Waals surface area contributed by atoms with Crippen molar-refractivity contribution >= 4 is 0 Å². The molecule has 2 aromatic rings. The SMILES string of the molecule is CCn1nc(C)cc1CNCc1ccc(C(F)(F)F)cc1. The third-order valence-electron chi connectivity index (χ3n) is 3.20. The third kappa shape index (κ3) is 4.07. The fourth-order valence-electron chi connectivity index (χ4n) is 2.16. The average molecular weight is 297 g/mol.